The molecule has 0 saturated carbocycles. The SMILES string of the molecule is CN(CCc1cccs1)S(=O)(=O)c1cn(C)nc1N. The van der Waals surface area contributed by atoms with Gasteiger partial charge in [-0.3, -0.25) is 4.68 Å². The summed E-state index contributed by atoms with van der Waals surface area (Å²) in [6, 6.07) is 3.94. The van der Waals surface area contributed by atoms with Crippen LogP contribution in [0.25, 0.3) is 0 Å². The van der Waals surface area contributed by atoms with Gasteiger partial charge in [0.05, 0.1) is 0 Å². The van der Waals surface area contributed by atoms with Crippen LogP contribution in [-0.2, 0) is 23.5 Å². The van der Waals surface area contributed by atoms with Crippen molar-refractivity contribution >= 4 is 27.2 Å². The molecule has 0 aliphatic carbocycles. The topological polar surface area (TPSA) is 81.2 Å². The number of likely N-dealkylation sites (N-methyl/N-ethyl adjacent to an activating group) is 1. The first-order chi connectivity index (χ1) is 8.91. The van der Waals surface area contributed by atoms with Crippen molar-refractivity contribution in [2.45, 2.75) is 11.3 Å². The van der Waals surface area contributed by atoms with Crippen molar-refractivity contribution in [2.75, 3.05) is 19.3 Å². The molecule has 104 valence electrons. The second-order valence-corrected chi connectivity index (χ2v) is 7.25. The molecule has 0 aliphatic rings. The number of nitrogens with zero attached hydrogens (tertiary/aromatic N) is 3. The molecule has 0 amide bonds. The Kier molecular flexibility index (Phi) is 3.93. The highest BCUT2D eigenvalue weighted by molar-refractivity contribution is 7.89. The number of sulfonamides is 1. The summed E-state index contributed by atoms with van der Waals surface area (Å²) >= 11 is 1.62. The maximum Gasteiger partial charge on any atom is 0.248 e. The van der Waals surface area contributed by atoms with E-state index < -0.39 is 10.0 Å². The van der Waals surface area contributed by atoms with E-state index in [0.717, 1.165) is 4.88 Å². The fourth-order valence-electron chi connectivity index (χ4n) is 1.69. The third kappa shape index (κ3) is 2.96. The van der Waals surface area contributed by atoms with Gasteiger partial charge in [-0.15, -0.1) is 11.3 Å². The number of aryl methyl sites for hydroxylation is 1. The van der Waals surface area contributed by atoms with E-state index in [2.05, 4.69) is 5.10 Å². The van der Waals surface area contributed by atoms with Gasteiger partial charge in [0, 0.05) is 31.7 Å². The van der Waals surface area contributed by atoms with Crippen molar-refractivity contribution in [3.05, 3.63) is 28.6 Å². The van der Waals surface area contributed by atoms with E-state index in [9.17, 15) is 8.42 Å². The Balaban J connectivity index is 2.13. The van der Waals surface area contributed by atoms with E-state index in [1.807, 2.05) is 17.5 Å². The fraction of sp³-hybridized carbons (Fsp3) is 0.364. The number of nitrogen functional groups attached to an aromatic ring is 1. The summed E-state index contributed by atoms with van der Waals surface area (Å²) in [5.41, 5.74) is 5.62. The Morgan fingerprint density at radius 2 is 2.26 bits per heavy atom. The number of hydrogen-bond acceptors (Lipinski definition) is 5. The van der Waals surface area contributed by atoms with Gasteiger partial charge in [-0.25, -0.2) is 12.7 Å². The lowest BCUT2D eigenvalue weighted by Gasteiger charge is -2.15. The summed E-state index contributed by atoms with van der Waals surface area (Å²) in [6.45, 7) is 0.414. The Hall–Kier alpha value is -1.38. The second-order valence-electron chi connectivity index (χ2n) is 4.21. The molecule has 0 aromatic carbocycles. The largest absolute Gasteiger partial charge is 0.381 e. The molecule has 6 nitrogen and oxygen atoms in total. The van der Waals surface area contributed by atoms with Crippen molar-refractivity contribution in [3.63, 3.8) is 0 Å². The molecule has 0 unspecified atom stereocenters. The minimum Gasteiger partial charge on any atom is -0.381 e. The van der Waals surface area contributed by atoms with Crippen molar-refractivity contribution in [2.24, 2.45) is 7.05 Å². The lowest BCUT2D eigenvalue weighted by Crippen LogP contribution is -2.29. The van der Waals surface area contributed by atoms with Gasteiger partial charge >= 0.3 is 0 Å². The van der Waals surface area contributed by atoms with Gasteiger partial charge in [-0.05, 0) is 17.9 Å². The molecule has 0 saturated heterocycles. The normalized spacial score (nSPS) is 12.2. The maximum atomic E-state index is 12.3. The summed E-state index contributed by atoms with van der Waals surface area (Å²) in [4.78, 5) is 1.21. The Morgan fingerprint density at radius 3 is 2.79 bits per heavy atom. The van der Waals surface area contributed by atoms with Crippen molar-refractivity contribution in [3.8, 4) is 0 Å². The molecule has 2 aromatic heterocycles. The molecule has 0 atom stereocenters. The fourth-order valence-corrected chi connectivity index (χ4v) is 3.65. The van der Waals surface area contributed by atoms with Crippen LogP contribution in [0.3, 0.4) is 0 Å². The molecule has 0 spiro atoms. The summed E-state index contributed by atoms with van der Waals surface area (Å²) in [5, 5.41) is 5.84. The molecule has 19 heavy (non-hydrogen) atoms. The lowest BCUT2D eigenvalue weighted by molar-refractivity contribution is 0.474. The number of hydrogen-bond donors (Lipinski definition) is 1. The van der Waals surface area contributed by atoms with Crippen molar-refractivity contribution < 1.29 is 8.42 Å². The third-order valence-electron chi connectivity index (χ3n) is 2.76. The molecular formula is C11H16N4O2S2. The van der Waals surface area contributed by atoms with Gasteiger partial charge < -0.3 is 5.73 Å². The average Bonchev–Trinajstić information content (AvgIpc) is 2.95. The van der Waals surface area contributed by atoms with E-state index in [1.165, 1.54) is 15.2 Å². The highest BCUT2D eigenvalue weighted by Crippen LogP contribution is 2.20. The molecular weight excluding hydrogens is 284 g/mol. The van der Waals surface area contributed by atoms with Gasteiger partial charge in [0.15, 0.2) is 5.82 Å². The highest BCUT2D eigenvalue weighted by Gasteiger charge is 2.25. The van der Waals surface area contributed by atoms with Crippen LogP contribution in [0.1, 0.15) is 4.88 Å². The summed E-state index contributed by atoms with van der Waals surface area (Å²) < 4.78 is 27.3. The van der Waals surface area contributed by atoms with Crippen molar-refractivity contribution in [1.29, 1.82) is 0 Å². The summed E-state index contributed by atoms with van der Waals surface area (Å²) in [6.07, 6.45) is 2.11. The number of aromatic nitrogens is 2. The van der Waals surface area contributed by atoms with E-state index in [4.69, 9.17) is 5.73 Å². The predicted octanol–water partition coefficient (Wildman–Crippen LogP) is 0.927. The number of anilines is 1. The maximum absolute atomic E-state index is 12.3. The Morgan fingerprint density at radius 1 is 1.53 bits per heavy atom. The first kappa shape index (κ1) is 14.0. The standard InChI is InChI=1S/C11H16N4O2S2/c1-14-8-10(11(12)13-14)19(16,17)15(2)6-5-9-4-3-7-18-9/h3-4,7-8H,5-6H2,1-2H3,(H2,12,13). The van der Waals surface area contributed by atoms with Crippen LogP contribution < -0.4 is 5.73 Å². The van der Waals surface area contributed by atoms with Gasteiger partial charge in [0.1, 0.15) is 4.90 Å². The molecule has 2 heterocycles. The molecule has 0 radical (unpaired) electrons. The zero-order valence-corrected chi connectivity index (χ0v) is 12.4. The van der Waals surface area contributed by atoms with Crippen LogP contribution in [0.15, 0.2) is 28.6 Å². The summed E-state index contributed by atoms with van der Waals surface area (Å²) in [7, 11) is -0.382. The zero-order chi connectivity index (χ0) is 14.0. The second kappa shape index (κ2) is 5.32. The van der Waals surface area contributed by atoms with E-state index in [1.54, 1.807) is 25.4 Å². The number of nitrogens with two attached hydrogens (primary N) is 1. The van der Waals surface area contributed by atoms with Gasteiger partial charge in [0.2, 0.25) is 10.0 Å². The number of thiophene rings is 1. The van der Waals surface area contributed by atoms with Crippen LogP contribution >= 0.6 is 11.3 Å². The van der Waals surface area contributed by atoms with E-state index >= 15 is 0 Å². The number of rotatable bonds is 5. The Bertz CT molecular complexity index is 646. The van der Waals surface area contributed by atoms with Crippen LogP contribution in [-0.4, -0.2) is 36.1 Å². The van der Waals surface area contributed by atoms with Crippen molar-refractivity contribution in [1.82, 2.24) is 14.1 Å². The van der Waals surface area contributed by atoms with Gasteiger partial charge in [-0.2, -0.15) is 5.10 Å². The van der Waals surface area contributed by atoms with E-state index in [0.29, 0.717) is 13.0 Å². The van der Waals surface area contributed by atoms with E-state index in [-0.39, 0.29) is 10.7 Å². The van der Waals surface area contributed by atoms with Crippen LogP contribution in [0.2, 0.25) is 0 Å². The Labute approximate surface area is 116 Å². The molecule has 0 bridgehead atoms. The molecule has 2 rings (SSSR count). The average molecular weight is 300 g/mol. The van der Waals surface area contributed by atoms with Crippen LogP contribution in [0, 0.1) is 0 Å². The molecule has 8 heteroatoms. The monoisotopic (exact) mass is 300 g/mol. The third-order valence-corrected chi connectivity index (χ3v) is 5.57. The molecule has 2 aromatic rings. The minimum absolute atomic E-state index is 0.0328. The predicted molar refractivity (Wildman–Crippen MR) is 75.5 cm³/mol. The minimum atomic E-state index is -3.57. The first-order valence-electron chi connectivity index (χ1n) is 5.69. The van der Waals surface area contributed by atoms with Crippen LogP contribution in [0.4, 0.5) is 5.82 Å². The molecule has 0 aliphatic heterocycles. The first-order valence-corrected chi connectivity index (χ1v) is 8.01. The highest BCUT2D eigenvalue weighted by atomic mass is 32.2. The lowest BCUT2D eigenvalue weighted by atomic mass is 10.3. The van der Waals surface area contributed by atoms with Gasteiger partial charge in [0.25, 0.3) is 0 Å². The van der Waals surface area contributed by atoms with Gasteiger partial charge in [-0.1, -0.05) is 6.07 Å². The molecule has 0 fully saturated rings. The smallest absolute Gasteiger partial charge is 0.248 e. The zero-order valence-electron chi connectivity index (χ0n) is 10.8. The van der Waals surface area contributed by atoms with Crippen LogP contribution in [0.5, 0.6) is 0 Å². The molecule has 2 N–H and O–H groups in total. The quantitative estimate of drug-likeness (QED) is 0.890. The summed E-state index contributed by atoms with van der Waals surface area (Å²) in [5.74, 6) is 0.0328.